The SMILES string of the molecule is CCc1ccc(NCc2cc(OC)cc([N+](=O)[O-])c2)cc1. The molecular formula is C16H18N2O3. The van der Waals surface area contributed by atoms with Crippen LogP contribution < -0.4 is 10.1 Å². The van der Waals surface area contributed by atoms with Gasteiger partial charge in [0.1, 0.15) is 5.75 Å². The van der Waals surface area contributed by atoms with E-state index in [1.165, 1.54) is 18.7 Å². The molecule has 0 fully saturated rings. The Labute approximate surface area is 123 Å². The van der Waals surface area contributed by atoms with Gasteiger partial charge in [0.05, 0.1) is 18.1 Å². The number of methoxy groups -OCH3 is 1. The van der Waals surface area contributed by atoms with Crippen molar-refractivity contribution in [3.8, 4) is 5.75 Å². The van der Waals surface area contributed by atoms with E-state index in [0.717, 1.165) is 17.7 Å². The largest absolute Gasteiger partial charge is 0.496 e. The van der Waals surface area contributed by atoms with E-state index in [1.54, 1.807) is 12.1 Å². The van der Waals surface area contributed by atoms with Crippen LogP contribution in [-0.2, 0) is 13.0 Å². The molecule has 0 unspecified atom stereocenters. The minimum atomic E-state index is -0.415. The number of nitrogens with one attached hydrogen (secondary N) is 1. The van der Waals surface area contributed by atoms with Gasteiger partial charge in [0.2, 0.25) is 0 Å². The number of hydrogen-bond donors (Lipinski definition) is 1. The van der Waals surface area contributed by atoms with Gasteiger partial charge in [0, 0.05) is 18.3 Å². The molecule has 0 aromatic heterocycles. The van der Waals surface area contributed by atoms with Crippen LogP contribution in [0.5, 0.6) is 5.75 Å². The molecule has 2 aromatic rings. The van der Waals surface area contributed by atoms with Crippen molar-refractivity contribution in [2.45, 2.75) is 19.9 Å². The smallest absolute Gasteiger partial charge is 0.273 e. The molecule has 0 bridgehead atoms. The number of aryl methyl sites for hydroxylation is 1. The lowest BCUT2D eigenvalue weighted by atomic mass is 10.1. The van der Waals surface area contributed by atoms with Gasteiger partial charge < -0.3 is 10.1 Å². The van der Waals surface area contributed by atoms with Crippen molar-refractivity contribution in [3.05, 3.63) is 63.7 Å². The first-order valence-electron chi connectivity index (χ1n) is 6.77. The van der Waals surface area contributed by atoms with Gasteiger partial charge in [-0.2, -0.15) is 0 Å². The van der Waals surface area contributed by atoms with Crippen LogP contribution in [0.3, 0.4) is 0 Å². The Morgan fingerprint density at radius 1 is 1.14 bits per heavy atom. The van der Waals surface area contributed by atoms with Crippen LogP contribution in [0.1, 0.15) is 18.1 Å². The molecule has 0 aliphatic carbocycles. The lowest BCUT2D eigenvalue weighted by molar-refractivity contribution is -0.385. The summed E-state index contributed by atoms with van der Waals surface area (Å²) in [6.45, 7) is 2.61. The van der Waals surface area contributed by atoms with E-state index in [1.807, 2.05) is 12.1 Å². The molecule has 110 valence electrons. The predicted octanol–water partition coefficient (Wildman–Crippen LogP) is 3.78. The van der Waals surface area contributed by atoms with Crippen LogP contribution in [0.4, 0.5) is 11.4 Å². The summed E-state index contributed by atoms with van der Waals surface area (Å²) >= 11 is 0. The molecule has 0 saturated carbocycles. The molecule has 5 nitrogen and oxygen atoms in total. The molecule has 1 N–H and O–H groups in total. The highest BCUT2D eigenvalue weighted by Gasteiger charge is 2.10. The van der Waals surface area contributed by atoms with Crippen molar-refractivity contribution < 1.29 is 9.66 Å². The van der Waals surface area contributed by atoms with E-state index in [2.05, 4.69) is 24.4 Å². The molecular weight excluding hydrogens is 268 g/mol. The van der Waals surface area contributed by atoms with Crippen LogP contribution in [-0.4, -0.2) is 12.0 Å². The molecule has 0 amide bonds. The first-order chi connectivity index (χ1) is 10.1. The number of hydrogen-bond acceptors (Lipinski definition) is 4. The summed E-state index contributed by atoms with van der Waals surface area (Å²) in [6, 6.07) is 12.9. The second-order valence-electron chi connectivity index (χ2n) is 4.70. The zero-order chi connectivity index (χ0) is 15.2. The minimum Gasteiger partial charge on any atom is -0.496 e. The molecule has 21 heavy (non-hydrogen) atoms. The Hall–Kier alpha value is -2.56. The average Bonchev–Trinajstić information content (AvgIpc) is 2.53. The van der Waals surface area contributed by atoms with Crippen LogP contribution >= 0.6 is 0 Å². The third-order valence-corrected chi connectivity index (χ3v) is 3.26. The third kappa shape index (κ3) is 3.95. The number of nitrogens with zero attached hydrogens (tertiary/aromatic N) is 1. The normalized spacial score (nSPS) is 10.2. The molecule has 0 aliphatic heterocycles. The number of anilines is 1. The van der Waals surface area contributed by atoms with Gasteiger partial charge in [0.15, 0.2) is 0 Å². The summed E-state index contributed by atoms with van der Waals surface area (Å²) in [5.41, 5.74) is 3.10. The van der Waals surface area contributed by atoms with E-state index >= 15 is 0 Å². The number of nitro groups is 1. The van der Waals surface area contributed by atoms with Crippen LogP contribution in [0.2, 0.25) is 0 Å². The van der Waals surface area contributed by atoms with Crippen molar-refractivity contribution in [1.29, 1.82) is 0 Å². The summed E-state index contributed by atoms with van der Waals surface area (Å²) in [7, 11) is 1.50. The standard InChI is InChI=1S/C16H18N2O3/c1-3-12-4-6-14(7-5-12)17-11-13-8-15(18(19)20)10-16(9-13)21-2/h4-10,17H,3,11H2,1-2H3. The monoisotopic (exact) mass is 286 g/mol. The summed E-state index contributed by atoms with van der Waals surface area (Å²) in [4.78, 5) is 10.5. The van der Waals surface area contributed by atoms with Crippen molar-refractivity contribution in [3.63, 3.8) is 0 Å². The average molecular weight is 286 g/mol. The Balaban J connectivity index is 2.11. The first-order valence-corrected chi connectivity index (χ1v) is 6.77. The second-order valence-corrected chi connectivity index (χ2v) is 4.70. The highest BCUT2D eigenvalue weighted by Crippen LogP contribution is 2.23. The van der Waals surface area contributed by atoms with E-state index in [-0.39, 0.29) is 5.69 Å². The topological polar surface area (TPSA) is 64.4 Å². The van der Waals surface area contributed by atoms with Gasteiger partial charge >= 0.3 is 0 Å². The van der Waals surface area contributed by atoms with Crippen molar-refractivity contribution in [2.24, 2.45) is 0 Å². The zero-order valence-corrected chi connectivity index (χ0v) is 12.1. The number of rotatable bonds is 6. The van der Waals surface area contributed by atoms with E-state index in [4.69, 9.17) is 4.74 Å². The molecule has 2 rings (SSSR count). The van der Waals surface area contributed by atoms with Crippen molar-refractivity contribution in [1.82, 2.24) is 0 Å². The molecule has 0 spiro atoms. The van der Waals surface area contributed by atoms with E-state index < -0.39 is 4.92 Å². The number of nitro benzene ring substituents is 1. The van der Waals surface area contributed by atoms with Crippen LogP contribution in [0.25, 0.3) is 0 Å². The Morgan fingerprint density at radius 3 is 2.43 bits per heavy atom. The molecule has 2 aromatic carbocycles. The predicted molar refractivity (Wildman–Crippen MR) is 82.8 cm³/mol. The van der Waals surface area contributed by atoms with Gasteiger partial charge in [-0.1, -0.05) is 19.1 Å². The molecule has 0 aliphatic rings. The molecule has 0 radical (unpaired) electrons. The lowest BCUT2D eigenvalue weighted by Gasteiger charge is -2.09. The van der Waals surface area contributed by atoms with Gasteiger partial charge in [0.25, 0.3) is 5.69 Å². The van der Waals surface area contributed by atoms with Gasteiger partial charge in [-0.3, -0.25) is 10.1 Å². The fourth-order valence-electron chi connectivity index (χ4n) is 2.03. The maximum atomic E-state index is 10.9. The van der Waals surface area contributed by atoms with Gasteiger partial charge in [-0.05, 0) is 35.7 Å². The van der Waals surface area contributed by atoms with E-state index in [9.17, 15) is 10.1 Å². The van der Waals surface area contributed by atoms with Gasteiger partial charge in [-0.15, -0.1) is 0 Å². The number of ether oxygens (including phenoxy) is 1. The summed E-state index contributed by atoms with van der Waals surface area (Å²) in [5, 5.41) is 14.1. The minimum absolute atomic E-state index is 0.0347. The fourth-order valence-corrected chi connectivity index (χ4v) is 2.03. The van der Waals surface area contributed by atoms with E-state index in [0.29, 0.717) is 12.3 Å². The lowest BCUT2D eigenvalue weighted by Crippen LogP contribution is -2.01. The number of non-ortho nitro benzene ring substituents is 1. The molecule has 0 saturated heterocycles. The summed E-state index contributed by atoms with van der Waals surface area (Å²) < 4.78 is 5.10. The Bertz CT molecular complexity index is 624. The Kier molecular flexibility index (Phi) is 4.77. The van der Waals surface area contributed by atoms with Crippen molar-refractivity contribution >= 4 is 11.4 Å². The molecule has 0 heterocycles. The quantitative estimate of drug-likeness (QED) is 0.648. The van der Waals surface area contributed by atoms with Crippen LogP contribution in [0, 0.1) is 10.1 Å². The highest BCUT2D eigenvalue weighted by molar-refractivity contribution is 5.47. The van der Waals surface area contributed by atoms with Crippen LogP contribution in [0.15, 0.2) is 42.5 Å². The van der Waals surface area contributed by atoms with Crippen molar-refractivity contribution in [2.75, 3.05) is 12.4 Å². The summed E-state index contributed by atoms with van der Waals surface area (Å²) in [6.07, 6.45) is 1.00. The molecule has 0 atom stereocenters. The maximum absolute atomic E-state index is 10.9. The first kappa shape index (κ1) is 14.8. The highest BCUT2D eigenvalue weighted by atomic mass is 16.6. The maximum Gasteiger partial charge on any atom is 0.273 e. The fraction of sp³-hybridized carbons (Fsp3) is 0.250. The second kappa shape index (κ2) is 6.74. The zero-order valence-electron chi connectivity index (χ0n) is 12.1. The summed E-state index contributed by atoms with van der Waals surface area (Å²) in [5.74, 6) is 0.488. The van der Waals surface area contributed by atoms with Gasteiger partial charge in [-0.25, -0.2) is 0 Å². The Morgan fingerprint density at radius 2 is 1.86 bits per heavy atom. The molecule has 5 heteroatoms. The third-order valence-electron chi connectivity index (χ3n) is 3.26. The number of benzene rings is 2.